The smallest absolute Gasteiger partial charge is 0.418 e. The van der Waals surface area contributed by atoms with Crippen molar-refractivity contribution in [1.82, 2.24) is 20.0 Å². The summed E-state index contributed by atoms with van der Waals surface area (Å²) in [5, 5.41) is 4.91. The summed E-state index contributed by atoms with van der Waals surface area (Å²) < 4.78 is 52.7. The average molecular weight is 501 g/mol. The molecule has 34 heavy (non-hydrogen) atoms. The molecule has 1 spiro atoms. The van der Waals surface area contributed by atoms with E-state index in [-0.39, 0.29) is 30.8 Å². The Bertz CT molecular complexity index is 1090. The van der Waals surface area contributed by atoms with Gasteiger partial charge < -0.3 is 23.8 Å². The van der Waals surface area contributed by atoms with Crippen LogP contribution in [0.25, 0.3) is 0 Å². The van der Waals surface area contributed by atoms with Crippen molar-refractivity contribution in [3.05, 3.63) is 17.5 Å². The van der Waals surface area contributed by atoms with E-state index in [0.29, 0.717) is 31.0 Å². The van der Waals surface area contributed by atoms with Crippen LogP contribution in [0.4, 0.5) is 9.59 Å². The Morgan fingerprint density at radius 1 is 1.29 bits per heavy atom. The molecule has 5 rings (SSSR count). The quantitative estimate of drug-likeness (QED) is 0.573. The standard InChI is InChI=1S/C20H28N4O9S/c1-19(2,3)31-18(26)22-8-13(9-22)30-11-12-6-14(21-32-12)15-7-20(4-5-20)16-10-23(15)17(25)24(16)33-34(27,28)29/h6,13,15-16H,4-5,7-11H2,1-3H3,(H,27,28,29)/t15-,16-/m0/s1. The van der Waals surface area contributed by atoms with Gasteiger partial charge in [0.2, 0.25) is 0 Å². The molecular formula is C20H28N4O9S. The van der Waals surface area contributed by atoms with Crippen LogP contribution in [0.1, 0.15) is 57.5 Å². The Kier molecular flexibility index (Phi) is 5.35. The number of hydroxylamine groups is 2. The summed E-state index contributed by atoms with van der Waals surface area (Å²) in [5.41, 5.74) is -0.275. The molecule has 1 N–H and O–H groups in total. The van der Waals surface area contributed by atoms with Crippen molar-refractivity contribution >= 4 is 22.5 Å². The molecular weight excluding hydrogens is 472 g/mol. The largest absolute Gasteiger partial charge is 0.444 e. The normalized spacial score (nSPS) is 26.2. The number of likely N-dealkylation sites (tertiary alicyclic amines) is 1. The lowest BCUT2D eigenvalue weighted by Gasteiger charge is -2.39. The Morgan fingerprint density at radius 3 is 2.62 bits per heavy atom. The number of nitrogens with zero attached hydrogens (tertiary/aromatic N) is 4. The molecule has 0 unspecified atom stereocenters. The Labute approximate surface area is 196 Å². The van der Waals surface area contributed by atoms with Crippen molar-refractivity contribution in [1.29, 1.82) is 0 Å². The molecule has 4 aliphatic rings. The average Bonchev–Trinajstić information content (AvgIpc) is 3.17. The third-order valence-corrected chi connectivity index (χ3v) is 7.07. The zero-order valence-corrected chi connectivity index (χ0v) is 20.0. The van der Waals surface area contributed by atoms with E-state index in [9.17, 15) is 18.0 Å². The highest BCUT2D eigenvalue weighted by Gasteiger charge is 2.64. The second kappa shape index (κ2) is 7.80. The molecule has 4 heterocycles. The second-order valence-corrected chi connectivity index (χ2v) is 11.4. The third kappa shape index (κ3) is 4.46. The van der Waals surface area contributed by atoms with Gasteiger partial charge in [-0.25, -0.2) is 9.59 Å². The number of hydrogen-bond acceptors (Lipinski definition) is 9. The van der Waals surface area contributed by atoms with Gasteiger partial charge in [-0.2, -0.15) is 13.5 Å². The fourth-order valence-corrected chi connectivity index (χ4v) is 5.22. The van der Waals surface area contributed by atoms with Crippen LogP contribution in [0.15, 0.2) is 10.6 Å². The number of carbonyl (C=O) groups is 2. The van der Waals surface area contributed by atoms with Crippen molar-refractivity contribution in [2.24, 2.45) is 5.41 Å². The number of rotatable bonds is 6. The minimum atomic E-state index is -4.82. The number of amides is 3. The molecule has 13 nitrogen and oxygen atoms in total. The number of fused-ring (bicyclic) bond motifs is 3. The number of ether oxygens (including phenoxy) is 2. The van der Waals surface area contributed by atoms with Gasteiger partial charge in [-0.3, -0.25) is 4.55 Å². The maximum absolute atomic E-state index is 12.8. The fourth-order valence-electron chi connectivity index (χ4n) is 4.85. The van der Waals surface area contributed by atoms with Crippen molar-refractivity contribution in [3.8, 4) is 0 Å². The minimum absolute atomic E-state index is 0.141. The number of carbonyl (C=O) groups excluding carboxylic acids is 2. The first-order valence-electron chi connectivity index (χ1n) is 11.2. The Balaban J connectivity index is 1.18. The van der Waals surface area contributed by atoms with Gasteiger partial charge in [0, 0.05) is 12.6 Å². The van der Waals surface area contributed by atoms with Gasteiger partial charge in [0.15, 0.2) is 5.76 Å². The molecule has 1 aliphatic carbocycles. The molecule has 0 aromatic carbocycles. The van der Waals surface area contributed by atoms with Gasteiger partial charge in [0.1, 0.15) is 17.9 Å². The number of hydrogen-bond donors (Lipinski definition) is 1. The highest BCUT2D eigenvalue weighted by Crippen LogP contribution is 2.61. The van der Waals surface area contributed by atoms with Crippen LogP contribution in [0.3, 0.4) is 0 Å². The maximum atomic E-state index is 12.8. The van der Waals surface area contributed by atoms with E-state index in [2.05, 4.69) is 9.44 Å². The molecule has 1 aromatic rings. The van der Waals surface area contributed by atoms with E-state index in [1.807, 2.05) is 20.8 Å². The van der Waals surface area contributed by atoms with Crippen molar-refractivity contribution in [2.75, 3.05) is 19.6 Å². The van der Waals surface area contributed by atoms with Gasteiger partial charge >= 0.3 is 22.5 Å². The molecule has 2 atom stereocenters. The zero-order chi connectivity index (χ0) is 24.5. The van der Waals surface area contributed by atoms with Crippen LogP contribution in [0.2, 0.25) is 0 Å². The molecule has 2 bridgehead atoms. The first-order valence-corrected chi connectivity index (χ1v) is 12.5. The van der Waals surface area contributed by atoms with E-state index < -0.39 is 34.1 Å². The fraction of sp³-hybridized carbons (Fsp3) is 0.750. The molecule has 14 heteroatoms. The van der Waals surface area contributed by atoms with Crippen LogP contribution in [-0.2, 0) is 30.8 Å². The van der Waals surface area contributed by atoms with E-state index in [0.717, 1.165) is 17.9 Å². The van der Waals surface area contributed by atoms with E-state index >= 15 is 0 Å². The highest BCUT2D eigenvalue weighted by atomic mass is 32.3. The summed E-state index contributed by atoms with van der Waals surface area (Å²) in [6.45, 7) is 6.72. The second-order valence-electron chi connectivity index (χ2n) is 10.4. The van der Waals surface area contributed by atoms with Crippen LogP contribution in [0, 0.1) is 5.41 Å². The predicted molar refractivity (Wildman–Crippen MR) is 112 cm³/mol. The van der Waals surface area contributed by atoms with E-state index in [4.69, 9.17) is 18.5 Å². The van der Waals surface area contributed by atoms with E-state index in [1.54, 1.807) is 11.0 Å². The summed E-state index contributed by atoms with van der Waals surface area (Å²) in [6, 6.07) is 0.253. The summed E-state index contributed by atoms with van der Waals surface area (Å²) in [5.74, 6) is 0.482. The number of piperidine rings is 1. The van der Waals surface area contributed by atoms with Gasteiger partial charge in [-0.1, -0.05) is 5.16 Å². The van der Waals surface area contributed by atoms with Gasteiger partial charge in [-0.05, 0) is 45.4 Å². The Morgan fingerprint density at radius 2 is 2.00 bits per heavy atom. The monoisotopic (exact) mass is 500 g/mol. The summed E-state index contributed by atoms with van der Waals surface area (Å²) in [7, 11) is -4.82. The Hall–Kier alpha value is -2.42. The number of aromatic nitrogens is 1. The van der Waals surface area contributed by atoms with Gasteiger partial charge in [0.05, 0.1) is 31.3 Å². The minimum Gasteiger partial charge on any atom is -0.444 e. The van der Waals surface area contributed by atoms with Crippen molar-refractivity contribution < 1.29 is 40.8 Å². The molecule has 188 valence electrons. The van der Waals surface area contributed by atoms with Gasteiger partial charge in [0.25, 0.3) is 0 Å². The number of urea groups is 1. The van der Waals surface area contributed by atoms with Crippen LogP contribution < -0.4 is 0 Å². The van der Waals surface area contributed by atoms with Crippen molar-refractivity contribution in [3.63, 3.8) is 0 Å². The summed E-state index contributed by atoms with van der Waals surface area (Å²) >= 11 is 0. The third-order valence-electron chi connectivity index (χ3n) is 6.72. The lowest BCUT2D eigenvalue weighted by Crippen LogP contribution is -2.55. The van der Waals surface area contributed by atoms with Crippen LogP contribution in [0.5, 0.6) is 0 Å². The topological polar surface area (TPSA) is 152 Å². The predicted octanol–water partition coefficient (Wildman–Crippen LogP) is 1.88. The molecule has 4 fully saturated rings. The maximum Gasteiger partial charge on any atom is 0.418 e. The summed E-state index contributed by atoms with van der Waals surface area (Å²) in [4.78, 5) is 27.9. The molecule has 1 saturated carbocycles. The SMILES string of the molecule is CC(C)(C)OC(=O)N1CC(OCc2cc([C@@H]3CC4(CC4)[C@@H]4CN3C(=O)N4OS(=O)(=O)O)no2)C1. The lowest BCUT2D eigenvalue weighted by atomic mass is 9.84. The first-order chi connectivity index (χ1) is 15.8. The molecule has 3 aliphatic heterocycles. The molecule has 3 amide bonds. The van der Waals surface area contributed by atoms with Gasteiger partial charge in [-0.15, -0.1) is 4.28 Å². The van der Waals surface area contributed by atoms with Crippen LogP contribution in [-0.4, -0.2) is 82.5 Å². The molecule has 3 saturated heterocycles. The first kappa shape index (κ1) is 23.3. The van der Waals surface area contributed by atoms with E-state index in [1.165, 1.54) is 4.90 Å². The summed E-state index contributed by atoms with van der Waals surface area (Å²) in [6.07, 6.45) is 1.72. The molecule has 0 radical (unpaired) electrons. The highest BCUT2D eigenvalue weighted by molar-refractivity contribution is 7.80. The molecule has 1 aromatic heterocycles. The zero-order valence-electron chi connectivity index (χ0n) is 19.2. The van der Waals surface area contributed by atoms with Crippen molar-refractivity contribution in [2.45, 2.75) is 70.4 Å². The lowest BCUT2D eigenvalue weighted by molar-refractivity contribution is -0.0730. The van der Waals surface area contributed by atoms with Crippen LogP contribution >= 0.6 is 0 Å².